The first-order valence-electron chi connectivity index (χ1n) is 6.02. The van der Waals surface area contributed by atoms with E-state index in [1.54, 1.807) is 0 Å². The van der Waals surface area contributed by atoms with Gasteiger partial charge in [0.25, 0.3) is 0 Å². The van der Waals surface area contributed by atoms with Crippen molar-refractivity contribution < 1.29 is 4.79 Å². The van der Waals surface area contributed by atoms with Crippen molar-refractivity contribution in [1.82, 2.24) is 10.2 Å². The Labute approximate surface area is 91.2 Å². The third-order valence-corrected chi connectivity index (χ3v) is 3.56. The van der Waals surface area contributed by atoms with Crippen LogP contribution < -0.4 is 11.1 Å². The van der Waals surface area contributed by atoms with Gasteiger partial charge in [0.15, 0.2) is 0 Å². The van der Waals surface area contributed by atoms with Crippen LogP contribution in [0.5, 0.6) is 0 Å². The Kier molecular flexibility index (Phi) is 3.59. The Morgan fingerprint density at radius 1 is 1.40 bits per heavy atom. The highest BCUT2D eigenvalue weighted by atomic mass is 16.2. The third-order valence-electron chi connectivity index (χ3n) is 3.56. The van der Waals surface area contributed by atoms with E-state index in [4.69, 9.17) is 5.73 Å². The minimum absolute atomic E-state index is 0.156. The normalized spacial score (nSPS) is 24.7. The monoisotopic (exact) mass is 211 g/mol. The van der Waals surface area contributed by atoms with E-state index in [0.717, 1.165) is 32.6 Å². The summed E-state index contributed by atoms with van der Waals surface area (Å²) >= 11 is 0. The fraction of sp³-hybridized carbons (Fsp3) is 0.909. The summed E-state index contributed by atoms with van der Waals surface area (Å²) in [5.41, 5.74) is 5.95. The molecule has 2 fully saturated rings. The molecule has 0 bridgehead atoms. The fourth-order valence-electron chi connectivity index (χ4n) is 2.31. The summed E-state index contributed by atoms with van der Waals surface area (Å²) < 4.78 is 0. The number of nitrogens with two attached hydrogens (primary N) is 1. The summed E-state index contributed by atoms with van der Waals surface area (Å²) in [6.07, 6.45) is 4.74. The maximum absolute atomic E-state index is 11.9. The molecule has 0 aromatic carbocycles. The number of hydrogen-bond donors (Lipinski definition) is 2. The molecule has 2 rings (SSSR count). The van der Waals surface area contributed by atoms with Crippen LogP contribution in [0.25, 0.3) is 0 Å². The lowest BCUT2D eigenvalue weighted by Crippen LogP contribution is -2.52. The summed E-state index contributed by atoms with van der Waals surface area (Å²) in [5, 5.41) is 3.24. The van der Waals surface area contributed by atoms with Gasteiger partial charge in [0.05, 0.1) is 6.04 Å². The molecule has 0 unspecified atom stereocenters. The van der Waals surface area contributed by atoms with Gasteiger partial charge in [-0.1, -0.05) is 19.3 Å². The minimum Gasteiger partial charge on any atom is -0.339 e. The molecule has 15 heavy (non-hydrogen) atoms. The van der Waals surface area contributed by atoms with Crippen LogP contribution in [-0.2, 0) is 4.79 Å². The second-order valence-corrected chi connectivity index (χ2v) is 4.71. The first kappa shape index (κ1) is 10.9. The van der Waals surface area contributed by atoms with Crippen LogP contribution in [0.3, 0.4) is 0 Å². The Balaban J connectivity index is 1.77. The molecule has 2 aliphatic rings. The van der Waals surface area contributed by atoms with Gasteiger partial charge in [0.1, 0.15) is 0 Å². The Morgan fingerprint density at radius 3 is 2.60 bits per heavy atom. The van der Waals surface area contributed by atoms with Crippen molar-refractivity contribution in [3.63, 3.8) is 0 Å². The number of nitrogens with zero attached hydrogens (tertiary/aromatic N) is 1. The molecule has 4 heteroatoms. The quantitative estimate of drug-likeness (QED) is 0.687. The number of amides is 1. The summed E-state index contributed by atoms with van der Waals surface area (Å²) in [6, 6.07) is -0.256. The predicted molar refractivity (Wildman–Crippen MR) is 59.4 cm³/mol. The van der Waals surface area contributed by atoms with E-state index < -0.39 is 0 Å². The SMILES string of the molecule is N[C@@H](CC1CCC1)C(=O)N1CCNCC1. The number of carbonyl (C=O) groups excluding carboxylic acids is 1. The second kappa shape index (κ2) is 4.94. The highest BCUT2D eigenvalue weighted by molar-refractivity contribution is 5.81. The number of rotatable bonds is 3. The van der Waals surface area contributed by atoms with E-state index in [1.165, 1.54) is 19.3 Å². The largest absolute Gasteiger partial charge is 0.339 e. The smallest absolute Gasteiger partial charge is 0.239 e. The van der Waals surface area contributed by atoms with Gasteiger partial charge in [-0.05, 0) is 12.3 Å². The zero-order valence-corrected chi connectivity index (χ0v) is 9.24. The molecule has 1 saturated carbocycles. The summed E-state index contributed by atoms with van der Waals surface area (Å²) in [7, 11) is 0. The van der Waals surface area contributed by atoms with Gasteiger partial charge < -0.3 is 16.0 Å². The molecule has 1 heterocycles. The minimum atomic E-state index is -0.256. The Hall–Kier alpha value is -0.610. The Morgan fingerprint density at radius 2 is 2.07 bits per heavy atom. The summed E-state index contributed by atoms with van der Waals surface area (Å²) in [5.74, 6) is 0.871. The molecule has 0 aromatic heterocycles. The van der Waals surface area contributed by atoms with E-state index in [-0.39, 0.29) is 11.9 Å². The van der Waals surface area contributed by atoms with Crippen LogP contribution in [0.15, 0.2) is 0 Å². The van der Waals surface area contributed by atoms with Crippen LogP contribution in [0.4, 0.5) is 0 Å². The summed E-state index contributed by atoms with van der Waals surface area (Å²) in [4.78, 5) is 13.8. The molecule has 1 saturated heterocycles. The lowest BCUT2D eigenvalue weighted by atomic mass is 9.81. The molecule has 0 radical (unpaired) electrons. The maximum atomic E-state index is 11.9. The molecule has 1 aliphatic heterocycles. The number of carbonyl (C=O) groups is 1. The summed E-state index contributed by atoms with van der Waals surface area (Å²) in [6.45, 7) is 3.44. The lowest BCUT2D eigenvalue weighted by Gasteiger charge is -2.32. The van der Waals surface area contributed by atoms with Crippen molar-refractivity contribution in [2.24, 2.45) is 11.7 Å². The van der Waals surface area contributed by atoms with Crippen LogP contribution in [0.2, 0.25) is 0 Å². The van der Waals surface area contributed by atoms with Crippen molar-refractivity contribution in [1.29, 1.82) is 0 Å². The van der Waals surface area contributed by atoms with Gasteiger partial charge in [-0.2, -0.15) is 0 Å². The number of piperazine rings is 1. The molecule has 4 nitrogen and oxygen atoms in total. The van der Waals surface area contributed by atoms with Crippen LogP contribution in [-0.4, -0.2) is 43.0 Å². The highest BCUT2D eigenvalue weighted by Gasteiger charge is 2.27. The van der Waals surface area contributed by atoms with Gasteiger partial charge in [-0.25, -0.2) is 0 Å². The average molecular weight is 211 g/mol. The van der Waals surface area contributed by atoms with E-state index in [2.05, 4.69) is 5.32 Å². The fourth-order valence-corrected chi connectivity index (χ4v) is 2.31. The molecule has 0 aromatic rings. The molecule has 86 valence electrons. The average Bonchev–Trinajstić information content (AvgIpc) is 2.23. The van der Waals surface area contributed by atoms with Crippen LogP contribution in [0, 0.1) is 5.92 Å². The van der Waals surface area contributed by atoms with Gasteiger partial charge in [-0.3, -0.25) is 4.79 Å². The maximum Gasteiger partial charge on any atom is 0.239 e. The van der Waals surface area contributed by atoms with Crippen molar-refractivity contribution in [3.8, 4) is 0 Å². The topological polar surface area (TPSA) is 58.4 Å². The molecular weight excluding hydrogens is 190 g/mol. The Bertz CT molecular complexity index is 222. The van der Waals surface area contributed by atoms with Gasteiger partial charge in [0, 0.05) is 26.2 Å². The van der Waals surface area contributed by atoms with Crippen molar-refractivity contribution in [2.75, 3.05) is 26.2 Å². The zero-order valence-electron chi connectivity index (χ0n) is 9.24. The second-order valence-electron chi connectivity index (χ2n) is 4.71. The third kappa shape index (κ3) is 2.69. The van der Waals surface area contributed by atoms with Crippen molar-refractivity contribution in [2.45, 2.75) is 31.7 Å². The number of nitrogens with one attached hydrogen (secondary N) is 1. The van der Waals surface area contributed by atoms with Crippen molar-refractivity contribution in [3.05, 3.63) is 0 Å². The van der Waals surface area contributed by atoms with Crippen LogP contribution >= 0.6 is 0 Å². The van der Waals surface area contributed by atoms with Crippen LogP contribution in [0.1, 0.15) is 25.7 Å². The zero-order chi connectivity index (χ0) is 10.7. The highest BCUT2D eigenvalue weighted by Crippen LogP contribution is 2.30. The number of hydrogen-bond acceptors (Lipinski definition) is 3. The van der Waals surface area contributed by atoms with E-state index in [9.17, 15) is 4.79 Å². The molecule has 1 aliphatic carbocycles. The van der Waals surface area contributed by atoms with Gasteiger partial charge >= 0.3 is 0 Å². The van der Waals surface area contributed by atoms with E-state index >= 15 is 0 Å². The molecule has 3 N–H and O–H groups in total. The van der Waals surface area contributed by atoms with Crippen molar-refractivity contribution >= 4 is 5.91 Å². The van der Waals surface area contributed by atoms with Gasteiger partial charge in [-0.15, -0.1) is 0 Å². The first-order valence-corrected chi connectivity index (χ1v) is 6.02. The standard InChI is InChI=1S/C11H21N3O/c12-10(8-9-2-1-3-9)11(15)14-6-4-13-5-7-14/h9-10,13H,1-8,12H2/t10-/m0/s1. The molecule has 1 atom stereocenters. The van der Waals surface area contributed by atoms with E-state index in [1.807, 2.05) is 4.90 Å². The molecule has 1 amide bonds. The molecular formula is C11H21N3O. The lowest BCUT2D eigenvalue weighted by molar-refractivity contribution is -0.133. The van der Waals surface area contributed by atoms with E-state index in [0.29, 0.717) is 5.92 Å². The van der Waals surface area contributed by atoms with Gasteiger partial charge in [0.2, 0.25) is 5.91 Å². The molecule has 0 spiro atoms. The predicted octanol–water partition coefficient (Wildman–Crippen LogP) is -0.0643. The first-order chi connectivity index (χ1) is 7.27.